The number of hydrogen-bond donors (Lipinski definition) is 6. The third-order valence-electron chi connectivity index (χ3n) is 3.38. The van der Waals surface area contributed by atoms with Crippen LogP contribution in [-0.2, 0) is 31.6 Å². The fourth-order valence-electron chi connectivity index (χ4n) is 2.22. The second-order valence-corrected chi connectivity index (χ2v) is 9.93. The number of terminal acetylenes is 1. The standard InChI is InChI=1S/C11H14FN2O14P3/c1-2-11(12)8(16)6(26-9(11)14-4-3-7(15)13-10(14)17)5-25-30(21,22)28-31(23,24)27-29(18,19)20/h1,3-4,6,8-9,16H,5H2,(H,21,22)(H,23,24)(H,13,15,17)(H2,18,19,20)/t6-,8+,9-,11?/m1/s1/i5D2. The van der Waals surface area contributed by atoms with E-state index in [0.29, 0.717) is 10.8 Å². The number of alkyl halides is 1. The van der Waals surface area contributed by atoms with Gasteiger partial charge < -0.3 is 29.4 Å². The molecule has 1 aromatic rings. The average Bonchev–Trinajstić information content (AvgIpc) is 2.83. The van der Waals surface area contributed by atoms with Crippen molar-refractivity contribution in [3.63, 3.8) is 0 Å². The van der Waals surface area contributed by atoms with Gasteiger partial charge in [-0.05, 0) is 0 Å². The molecule has 0 radical (unpaired) electrons. The molecule has 2 heterocycles. The van der Waals surface area contributed by atoms with Gasteiger partial charge in [0.05, 0.1) is 9.30 Å². The maximum atomic E-state index is 15.3. The predicted octanol–water partition coefficient (Wildman–Crippen LogP) is -1.52. The first kappa shape index (κ1) is 22.7. The summed E-state index contributed by atoms with van der Waals surface area (Å²) in [5, 5.41) is 10.2. The lowest BCUT2D eigenvalue weighted by molar-refractivity contribution is -0.0535. The molecular weight excluding hydrogens is 496 g/mol. The fourth-order valence-corrected chi connectivity index (χ4v) is 5.10. The largest absolute Gasteiger partial charge is 0.490 e. The molecule has 6 N–H and O–H groups in total. The molecule has 0 spiro atoms. The van der Waals surface area contributed by atoms with Crippen molar-refractivity contribution < 1.29 is 63.4 Å². The van der Waals surface area contributed by atoms with E-state index in [2.05, 4.69) is 13.1 Å². The molecule has 0 aromatic carbocycles. The molecule has 1 aliphatic heterocycles. The molecule has 2 rings (SSSR count). The maximum Gasteiger partial charge on any atom is 0.490 e. The second kappa shape index (κ2) is 8.80. The number of rotatable bonds is 8. The van der Waals surface area contributed by atoms with Crippen LogP contribution in [0, 0.1) is 12.3 Å². The number of hydrogen-bond acceptors (Lipinski definition) is 10. The van der Waals surface area contributed by atoms with Crippen LogP contribution in [0.15, 0.2) is 21.9 Å². The number of phosphoric acid groups is 3. The number of aromatic amines is 1. The Morgan fingerprint density at radius 2 is 1.90 bits per heavy atom. The smallest absolute Gasteiger partial charge is 0.386 e. The lowest BCUT2D eigenvalue weighted by atomic mass is 9.97. The van der Waals surface area contributed by atoms with E-state index in [4.69, 9.17) is 28.6 Å². The van der Waals surface area contributed by atoms with Crippen LogP contribution < -0.4 is 11.2 Å². The molecule has 16 nitrogen and oxygen atoms in total. The van der Waals surface area contributed by atoms with Crippen LogP contribution in [0.1, 0.15) is 8.97 Å². The molecule has 0 saturated carbocycles. The van der Waals surface area contributed by atoms with Gasteiger partial charge in [-0.3, -0.25) is 18.9 Å². The van der Waals surface area contributed by atoms with Gasteiger partial charge in [-0.15, -0.1) is 6.42 Å². The van der Waals surface area contributed by atoms with Gasteiger partial charge in [0.25, 0.3) is 5.56 Å². The number of halogens is 1. The molecule has 1 aliphatic rings. The van der Waals surface area contributed by atoms with Crippen LogP contribution in [0.5, 0.6) is 0 Å². The third kappa shape index (κ3) is 6.27. The Kier molecular flexibility index (Phi) is 6.44. The number of nitrogens with one attached hydrogen (secondary N) is 1. The number of ether oxygens (including phenoxy) is 1. The summed E-state index contributed by atoms with van der Waals surface area (Å²) in [6.45, 7) is -3.78. The Hall–Kier alpha value is -1.50. The summed E-state index contributed by atoms with van der Waals surface area (Å²) in [7, 11) is -17.9. The molecule has 0 bridgehead atoms. The van der Waals surface area contributed by atoms with Gasteiger partial charge in [0.15, 0.2) is 6.23 Å². The van der Waals surface area contributed by atoms with E-state index in [1.54, 1.807) is 4.98 Å². The zero-order valence-electron chi connectivity index (χ0n) is 16.5. The van der Waals surface area contributed by atoms with Crippen molar-refractivity contribution in [2.24, 2.45) is 0 Å². The SMILES string of the molecule is [2H]C([2H])(OP(=O)(O)OP(=O)(O)OP(=O)(O)O)[C@H]1O[C@@H](n2ccc(=O)[nH]c2=O)C(F)(C#C)[C@H]1O. The molecule has 1 aromatic heterocycles. The fraction of sp³-hybridized carbons (Fsp3) is 0.455. The summed E-state index contributed by atoms with van der Waals surface area (Å²) in [5.41, 5.74) is -5.61. The predicted molar refractivity (Wildman–Crippen MR) is 93.7 cm³/mol. The van der Waals surface area contributed by atoms with E-state index in [1.807, 2.05) is 0 Å². The molecule has 1 saturated heterocycles. The van der Waals surface area contributed by atoms with Crippen molar-refractivity contribution in [3.05, 3.63) is 33.1 Å². The molecule has 6 atom stereocenters. The number of aromatic nitrogens is 2. The highest BCUT2D eigenvalue weighted by Gasteiger charge is 2.58. The Morgan fingerprint density at radius 1 is 1.29 bits per heavy atom. The van der Waals surface area contributed by atoms with Crippen LogP contribution in [0.2, 0.25) is 0 Å². The van der Waals surface area contributed by atoms with Crippen molar-refractivity contribution in [1.29, 1.82) is 0 Å². The Labute approximate surface area is 173 Å². The summed E-state index contributed by atoms with van der Waals surface area (Å²) in [4.78, 5) is 60.4. The number of aliphatic hydroxyl groups is 1. The zero-order valence-corrected chi connectivity index (χ0v) is 17.2. The highest BCUT2D eigenvalue weighted by molar-refractivity contribution is 7.66. The molecule has 20 heteroatoms. The van der Waals surface area contributed by atoms with Gasteiger partial charge in [0.1, 0.15) is 12.2 Å². The Morgan fingerprint density at radius 3 is 2.42 bits per heavy atom. The van der Waals surface area contributed by atoms with E-state index in [0.717, 1.165) is 6.07 Å². The highest BCUT2D eigenvalue weighted by atomic mass is 31.3. The minimum absolute atomic E-state index is 0.325. The van der Waals surface area contributed by atoms with Crippen LogP contribution in [-0.4, -0.2) is 58.7 Å². The maximum absolute atomic E-state index is 15.3. The van der Waals surface area contributed by atoms with Gasteiger partial charge in [-0.1, -0.05) is 5.92 Å². The number of nitrogens with zero attached hydrogens (tertiary/aromatic N) is 1. The average molecular weight is 512 g/mol. The topological polar surface area (TPSA) is 244 Å². The van der Waals surface area contributed by atoms with Crippen LogP contribution in [0.3, 0.4) is 0 Å². The van der Waals surface area contributed by atoms with Gasteiger partial charge in [-0.2, -0.15) is 8.62 Å². The van der Waals surface area contributed by atoms with E-state index < -0.39 is 65.4 Å². The van der Waals surface area contributed by atoms with E-state index in [-0.39, 0.29) is 0 Å². The summed E-state index contributed by atoms with van der Waals surface area (Å²) in [6.07, 6.45) is -1.92. The van der Waals surface area contributed by atoms with Crippen LogP contribution in [0.4, 0.5) is 4.39 Å². The first-order chi connectivity index (χ1) is 14.7. The minimum atomic E-state index is -6.10. The van der Waals surface area contributed by atoms with Crippen molar-refractivity contribution in [1.82, 2.24) is 9.55 Å². The van der Waals surface area contributed by atoms with E-state index in [9.17, 15) is 33.3 Å². The second-order valence-electron chi connectivity index (χ2n) is 5.58. The van der Waals surface area contributed by atoms with Gasteiger partial charge in [0.2, 0.25) is 5.67 Å². The quantitative estimate of drug-likeness (QED) is 0.171. The Balaban J connectivity index is 2.36. The van der Waals surface area contributed by atoms with E-state index in [1.165, 1.54) is 5.92 Å². The minimum Gasteiger partial charge on any atom is -0.386 e. The van der Waals surface area contributed by atoms with Gasteiger partial charge in [0, 0.05) is 12.3 Å². The van der Waals surface area contributed by atoms with Crippen molar-refractivity contribution in [2.75, 3.05) is 6.56 Å². The first-order valence-corrected chi connectivity index (χ1v) is 11.9. The summed E-state index contributed by atoms with van der Waals surface area (Å²) < 4.78 is 80.6. The zero-order chi connectivity index (χ0) is 25.6. The summed E-state index contributed by atoms with van der Waals surface area (Å²) in [5.74, 6) is 1.44. The van der Waals surface area contributed by atoms with Crippen LogP contribution >= 0.6 is 23.5 Å². The lowest BCUT2D eigenvalue weighted by Crippen LogP contribution is -2.45. The number of aliphatic hydroxyl groups excluding tert-OH is 1. The van der Waals surface area contributed by atoms with E-state index >= 15 is 4.39 Å². The highest BCUT2D eigenvalue weighted by Crippen LogP contribution is 2.66. The van der Waals surface area contributed by atoms with Crippen LogP contribution in [0.25, 0.3) is 0 Å². The first-order valence-electron chi connectivity index (χ1n) is 8.39. The van der Waals surface area contributed by atoms with Crippen molar-refractivity contribution in [2.45, 2.75) is 24.1 Å². The molecule has 0 amide bonds. The molecule has 0 aliphatic carbocycles. The monoisotopic (exact) mass is 512 g/mol. The van der Waals surface area contributed by atoms with Crippen molar-refractivity contribution in [3.8, 4) is 12.3 Å². The van der Waals surface area contributed by atoms with Gasteiger partial charge >= 0.3 is 29.2 Å². The Bertz CT molecular complexity index is 1220. The lowest BCUT2D eigenvalue weighted by Gasteiger charge is -2.23. The summed E-state index contributed by atoms with van der Waals surface area (Å²) in [6, 6.07) is 0.724. The number of H-pyrrole nitrogens is 1. The molecule has 3 unspecified atom stereocenters. The molecule has 31 heavy (non-hydrogen) atoms. The molecular formula is C11H14FN2O14P3. The third-order valence-corrected chi connectivity index (χ3v) is 7.04. The van der Waals surface area contributed by atoms with Gasteiger partial charge in [-0.25, -0.2) is 22.9 Å². The molecule has 174 valence electrons. The normalized spacial score (nSPS) is 31.7. The number of phosphoric ester groups is 1. The van der Waals surface area contributed by atoms with Crippen molar-refractivity contribution >= 4 is 23.5 Å². The summed E-state index contributed by atoms with van der Waals surface area (Å²) >= 11 is 0. The molecule has 1 fully saturated rings.